The molecule has 142 valence electrons. The molecule has 3 rings (SSSR count). The molecule has 1 atom stereocenters. The SMILES string of the molecule is Cc1ccc(C)c(C(=O)CC2S\C(=N/N=C/C=C\c3ccccc3)NC2=O)c1. The molecule has 0 spiro atoms. The fourth-order valence-corrected chi connectivity index (χ4v) is 3.67. The molecule has 0 aromatic heterocycles. The van der Waals surface area contributed by atoms with Gasteiger partial charge in [0.25, 0.3) is 0 Å². The van der Waals surface area contributed by atoms with E-state index in [1.54, 1.807) is 12.3 Å². The number of Topliss-reactive ketones (excluding diaryl/α,β-unsaturated/α-hetero) is 1. The summed E-state index contributed by atoms with van der Waals surface area (Å²) in [6, 6.07) is 15.6. The Hall–Kier alpha value is -2.99. The number of allylic oxidation sites excluding steroid dienone is 1. The normalized spacial score (nSPS) is 18.3. The molecule has 6 heteroatoms. The van der Waals surface area contributed by atoms with Gasteiger partial charge in [-0.15, -0.1) is 5.10 Å². The van der Waals surface area contributed by atoms with E-state index in [0.717, 1.165) is 16.7 Å². The Morgan fingerprint density at radius 3 is 2.75 bits per heavy atom. The van der Waals surface area contributed by atoms with Gasteiger partial charge in [-0.25, -0.2) is 0 Å². The van der Waals surface area contributed by atoms with E-state index in [4.69, 9.17) is 0 Å². The zero-order valence-electron chi connectivity index (χ0n) is 15.8. The van der Waals surface area contributed by atoms with E-state index in [-0.39, 0.29) is 18.1 Å². The lowest BCUT2D eigenvalue weighted by Gasteiger charge is -2.08. The van der Waals surface area contributed by atoms with Gasteiger partial charge in [-0.05, 0) is 37.1 Å². The second kappa shape index (κ2) is 9.28. The average Bonchev–Trinajstić information content (AvgIpc) is 3.03. The third kappa shape index (κ3) is 5.27. The van der Waals surface area contributed by atoms with Gasteiger partial charge >= 0.3 is 0 Å². The zero-order valence-corrected chi connectivity index (χ0v) is 16.6. The number of thioether (sulfide) groups is 1. The minimum atomic E-state index is -0.485. The number of aryl methyl sites for hydroxylation is 2. The third-order valence-corrected chi connectivity index (χ3v) is 5.30. The van der Waals surface area contributed by atoms with Gasteiger partial charge in [-0.2, -0.15) is 5.10 Å². The molecular formula is C22H21N3O2S. The van der Waals surface area contributed by atoms with Crippen LogP contribution in [0.5, 0.6) is 0 Å². The Labute approximate surface area is 168 Å². The Bertz CT molecular complexity index is 965. The van der Waals surface area contributed by atoms with Crippen LogP contribution in [0.25, 0.3) is 6.08 Å². The number of amidine groups is 1. The zero-order chi connectivity index (χ0) is 19.9. The van der Waals surface area contributed by atoms with Crippen LogP contribution < -0.4 is 5.32 Å². The maximum Gasteiger partial charge on any atom is 0.240 e. The molecule has 0 radical (unpaired) electrons. The molecule has 1 amide bonds. The first-order chi connectivity index (χ1) is 13.5. The van der Waals surface area contributed by atoms with Crippen LogP contribution in [0.3, 0.4) is 0 Å². The number of amides is 1. The highest BCUT2D eigenvalue weighted by molar-refractivity contribution is 8.15. The van der Waals surface area contributed by atoms with E-state index in [9.17, 15) is 9.59 Å². The van der Waals surface area contributed by atoms with Crippen molar-refractivity contribution in [2.75, 3.05) is 0 Å². The minimum Gasteiger partial charge on any atom is -0.303 e. The highest BCUT2D eigenvalue weighted by Gasteiger charge is 2.32. The third-order valence-electron chi connectivity index (χ3n) is 4.23. The van der Waals surface area contributed by atoms with Crippen molar-refractivity contribution in [3.63, 3.8) is 0 Å². The van der Waals surface area contributed by atoms with Crippen molar-refractivity contribution < 1.29 is 9.59 Å². The fourth-order valence-electron chi connectivity index (χ4n) is 2.74. The summed E-state index contributed by atoms with van der Waals surface area (Å²) in [5.74, 6) is -0.248. The van der Waals surface area contributed by atoms with Crippen LogP contribution in [0.1, 0.15) is 33.5 Å². The molecule has 5 nitrogen and oxygen atoms in total. The second-order valence-corrected chi connectivity index (χ2v) is 7.67. The molecule has 1 unspecified atom stereocenters. The van der Waals surface area contributed by atoms with Gasteiger partial charge in [0.2, 0.25) is 5.91 Å². The molecule has 2 aromatic rings. The van der Waals surface area contributed by atoms with E-state index in [2.05, 4.69) is 15.5 Å². The molecule has 1 fully saturated rings. The predicted octanol–water partition coefficient (Wildman–Crippen LogP) is 4.16. The molecular weight excluding hydrogens is 370 g/mol. The highest BCUT2D eigenvalue weighted by Crippen LogP contribution is 2.25. The van der Waals surface area contributed by atoms with Gasteiger partial charge in [-0.1, -0.05) is 65.9 Å². The van der Waals surface area contributed by atoms with Gasteiger partial charge in [0.1, 0.15) is 0 Å². The summed E-state index contributed by atoms with van der Waals surface area (Å²) in [5.41, 5.74) is 3.68. The van der Waals surface area contributed by atoms with Crippen LogP contribution in [0.2, 0.25) is 0 Å². The first-order valence-corrected chi connectivity index (χ1v) is 9.81. The number of carbonyl (C=O) groups is 2. The first kappa shape index (κ1) is 19.8. The summed E-state index contributed by atoms with van der Waals surface area (Å²) in [7, 11) is 0. The van der Waals surface area contributed by atoms with Crippen molar-refractivity contribution in [3.8, 4) is 0 Å². The first-order valence-electron chi connectivity index (χ1n) is 8.93. The van der Waals surface area contributed by atoms with E-state index in [1.165, 1.54) is 11.8 Å². The van der Waals surface area contributed by atoms with Gasteiger partial charge < -0.3 is 5.32 Å². The summed E-state index contributed by atoms with van der Waals surface area (Å²) < 4.78 is 0. The Morgan fingerprint density at radius 1 is 1.18 bits per heavy atom. The monoisotopic (exact) mass is 391 g/mol. The Kier molecular flexibility index (Phi) is 6.55. The molecule has 1 aliphatic rings. The lowest BCUT2D eigenvalue weighted by molar-refractivity contribution is -0.118. The van der Waals surface area contributed by atoms with Crippen molar-refractivity contribution in [3.05, 3.63) is 76.9 Å². The maximum absolute atomic E-state index is 12.6. The molecule has 0 aliphatic carbocycles. The lowest BCUT2D eigenvalue weighted by atomic mass is 9.99. The van der Waals surface area contributed by atoms with E-state index in [1.807, 2.05) is 68.5 Å². The molecule has 2 aromatic carbocycles. The summed E-state index contributed by atoms with van der Waals surface area (Å²) >= 11 is 1.24. The quantitative estimate of drug-likeness (QED) is 0.457. The van der Waals surface area contributed by atoms with Crippen molar-refractivity contribution in [2.45, 2.75) is 25.5 Å². The number of rotatable bonds is 6. The minimum absolute atomic E-state index is 0.0376. The number of hydrogen-bond donors (Lipinski definition) is 1. The molecule has 1 heterocycles. The van der Waals surface area contributed by atoms with Crippen LogP contribution >= 0.6 is 11.8 Å². The Morgan fingerprint density at radius 2 is 1.96 bits per heavy atom. The van der Waals surface area contributed by atoms with Gasteiger partial charge in [0.05, 0.1) is 5.25 Å². The van der Waals surface area contributed by atoms with Crippen molar-refractivity contribution >= 4 is 40.9 Å². The van der Waals surface area contributed by atoms with Crippen LogP contribution in [0, 0.1) is 13.8 Å². The van der Waals surface area contributed by atoms with Crippen molar-refractivity contribution in [2.24, 2.45) is 10.2 Å². The van der Waals surface area contributed by atoms with E-state index < -0.39 is 5.25 Å². The predicted molar refractivity (Wildman–Crippen MR) is 116 cm³/mol. The molecule has 1 saturated heterocycles. The summed E-state index contributed by atoms with van der Waals surface area (Å²) in [4.78, 5) is 24.7. The standard InChI is InChI=1S/C22H21N3O2S/c1-15-10-11-16(2)18(13-15)19(26)14-20-21(27)24-22(28-20)25-23-12-6-9-17-7-4-3-5-8-17/h3-13,20H,14H2,1-2H3,(H,24,25,27)/b9-6-,23-12+. The van der Waals surface area contributed by atoms with Gasteiger partial charge in [0, 0.05) is 18.2 Å². The highest BCUT2D eigenvalue weighted by atomic mass is 32.2. The number of carbonyl (C=O) groups excluding carboxylic acids is 2. The smallest absolute Gasteiger partial charge is 0.240 e. The number of ketones is 1. The maximum atomic E-state index is 12.6. The number of nitrogens with zero attached hydrogens (tertiary/aromatic N) is 2. The number of benzene rings is 2. The molecule has 0 saturated carbocycles. The number of hydrogen-bond acceptors (Lipinski definition) is 5. The molecule has 1 N–H and O–H groups in total. The molecule has 1 aliphatic heterocycles. The lowest BCUT2D eigenvalue weighted by Crippen LogP contribution is -2.26. The largest absolute Gasteiger partial charge is 0.303 e. The van der Waals surface area contributed by atoms with Gasteiger partial charge in [-0.3, -0.25) is 9.59 Å². The van der Waals surface area contributed by atoms with Gasteiger partial charge in [0.15, 0.2) is 11.0 Å². The van der Waals surface area contributed by atoms with Crippen molar-refractivity contribution in [1.82, 2.24) is 5.32 Å². The van der Waals surface area contributed by atoms with Crippen LogP contribution in [0.15, 0.2) is 64.8 Å². The summed E-state index contributed by atoms with van der Waals surface area (Å²) in [6.45, 7) is 3.85. The fraction of sp³-hybridized carbons (Fsp3) is 0.182. The van der Waals surface area contributed by atoms with Crippen LogP contribution in [-0.2, 0) is 4.79 Å². The molecule has 28 heavy (non-hydrogen) atoms. The van der Waals surface area contributed by atoms with Crippen LogP contribution in [-0.4, -0.2) is 28.3 Å². The Balaban J connectivity index is 1.58. The van der Waals surface area contributed by atoms with E-state index >= 15 is 0 Å². The average molecular weight is 391 g/mol. The summed E-state index contributed by atoms with van der Waals surface area (Å²) in [5, 5.41) is 10.6. The second-order valence-electron chi connectivity index (χ2n) is 6.48. The summed E-state index contributed by atoms with van der Waals surface area (Å²) in [6.07, 6.45) is 5.39. The molecule has 0 bridgehead atoms. The van der Waals surface area contributed by atoms with Crippen LogP contribution in [0.4, 0.5) is 0 Å². The number of nitrogens with one attached hydrogen (secondary N) is 1. The van der Waals surface area contributed by atoms with E-state index in [0.29, 0.717) is 10.7 Å². The topological polar surface area (TPSA) is 70.9 Å². The van der Waals surface area contributed by atoms with Crippen molar-refractivity contribution in [1.29, 1.82) is 0 Å².